The van der Waals surface area contributed by atoms with Crippen molar-refractivity contribution in [2.75, 3.05) is 6.54 Å². The first kappa shape index (κ1) is 18.4. The quantitative estimate of drug-likeness (QED) is 0.647. The van der Waals surface area contributed by atoms with E-state index in [1.807, 2.05) is 44.2 Å². The molecule has 1 amide bonds. The van der Waals surface area contributed by atoms with Crippen molar-refractivity contribution in [3.05, 3.63) is 35.9 Å². The van der Waals surface area contributed by atoms with Crippen LogP contribution < -0.4 is 10.6 Å². The van der Waals surface area contributed by atoms with Crippen LogP contribution in [0.3, 0.4) is 0 Å². The highest BCUT2D eigenvalue weighted by atomic mass is 16.5. The SMILES string of the molecule is CC(C)[C@H](NC(=O)[C@@H]1CCCN1)C(O)C(=O)OCc1ccccc1. The minimum absolute atomic E-state index is 0.0969. The fraction of sp³-hybridized carbons (Fsp3) is 0.556. The predicted molar refractivity (Wildman–Crippen MR) is 90.0 cm³/mol. The number of carbonyl (C=O) groups is 2. The van der Waals surface area contributed by atoms with Crippen molar-refractivity contribution in [2.45, 2.75) is 51.5 Å². The second-order valence-electron chi connectivity index (χ2n) is 6.47. The van der Waals surface area contributed by atoms with E-state index in [9.17, 15) is 14.7 Å². The fourth-order valence-corrected chi connectivity index (χ4v) is 2.74. The lowest BCUT2D eigenvalue weighted by Gasteiger charge is -2.27. The summed E-state index contributed by atoms with van der Waals surface area (Å²) in [7, 11) is 0. The molecule has 1 fully saturated rings. The number of ether oxygens (including phenoxy) is 1. The van der Waals surface area contributed by atoms with Gasteiger partial charge in [-0.15, -0.1) is 0 Å². The Hall–Kier alpha value is -1.92. The first-order valence-electron chi connectivity index (χ1n) is 8.41. The Labute approximate surface area is 142 Å². The largest absolute Gasteiger partial charge is 0.459 e. The number of esters is 1. The van der Waals surface area contributed by atoms with Crippen molar-refractivity contribution in [3.8, 4) is 0 Å². The molecule has 3 N–H and O–H groups in total. The number of hydrogen-bond acceptors (Lipinski definition) is 5. The van der Waals surface area contributed by atoms with E-state index in [1.165, 1.54) is 0 Å². The number of benzene rings is 1. The first-order chi connectivity index (χ1) is 11.5. The van der Waals surface area contributed by atoms with Gasteiger partial charge in [0.05, 0.1) is 12.1 Å². The van der Waals surface area contributed by atoms with Gasteiger partial charge in [-0.2, -0.15) is 0 Å². The third-order valence-electron chi connectivity index (χ3n) is 4.21. The monoisotopic (exact) mass is 334 g/mol. The molecule has 1 saturated heterocycles. The lowest BCUT2D eigenvalue weighted by molar-refractivity contribution is -0.157. The molecule has 132 valence electrons. The normalized spacial score (nSPS) is 19.8. The predicted octanol–water partition coefficient (Wildman–Crippen LogP) is 0.984. The molecule has 1 aromatic carbocycles. The summed E-state index contributed by atoms with van der Waals surface area (Å²) in [5.41, 5.74) is 0.846. The van der Waals surface area contributed by atoms with E-state index in [0.29, 0.717) is 0 Å². The molecule has 2 rings (SSSR count). The van der Waals surface area contributed by atoms with Gasteiger partial charge in [0.25, 0.3) is 0 Å². The van der Waals surface area contributed by atoms with Gasteiger partial charge in [0, 0.05) is 0 Å². The molecule has 0 radical (unpaired) electrons. The zero-order valence-electron chi connectivity index (χ0n) is 14.2. The summed E-state index contributed by atoms with van der Waals surface area (Å²) in [6, 6.07) is 8.33. The third-order valence-corrected chi connectivity index (χ3v) is 4.21. The van der Waals surface area contributed by atoms with Crippen LogP contribution >= 0.6 is 0 Å². The summed E-state index contributed by atoms with van der Waals surface area (Å²) >= 11 is 0. The lowest BCUT2D eigenvalue weighted by Crippen LogP contribution is -2.54. The zero-order valence-corrected chi connectivity index (χ0v) is 14.2. The highest BCUT2D eigenvalue weighted by molar-refractivity contribution is 5.83. The summed E-state index contributed by atoms with van der Waals surface area (Å²) in [6.45, 7) is 4.60. The summed E-state index contributed by atoms with van der Waals surface area (Å²) in [5, 5.41) is 16.2. The van der Waals surface area contributed by atoms with Crippen molar-refractivity contribution in [3.63, 3.8) is 0 Å². The van der Waals surface area contributed by atoms with Gasteiger partial charge in [0.1, 0.15) is 6.61 Å². The molecule has 6 nitrogen and oxygen atoms in total. The Balaban J connectivity index is 1.90. The maximum absolute atomic E-state index is 12.2. The van der Waals surface area contributed by atoms with Gasteiger partial charge >= 0.3 is 5.97 Å². The van der Waals surface area contributed by atoms with Crippen LogP contribution in [0, 0.1) is 5.92 Å². The molecular weight excluding hydrogens is 308 g/mol. The molecule has 1 unspecified atom stereocenters. The third kappa shape index (κ3) is 5.04. The van der Waals surface area contributed by atoms with Gasteiger partial charge in [-0.3, -0.25) is 4.79 Å². The second kappa shape index (κ2) is 8.80. The zero-order chi connectivity index (χ0) is 17.5. The maximum atomic E-state index is 12.2. The maximum Gasteiger partial charge on any atom is 0.337 e. The van der Waals surface area contributed by atoms with Gasteiger partial charge in [-0.25, -0.2) is 4.79 Å². The number of carbonyl (C=O) groups excluding carboxylic acids is 2. The summed E-state index contributed by atoms with van der Waals surface area (Å²) in [4.78, 5) is 24.4. The molecular formula is C18H26N2O4. The van der Waals surface area contributed by atoms with Gasteiger partial charge < -0.3 is 20.5 Å². The van der Waals surface area contributed by atoms with E-state index in [-0.39, 0.29) is 24.5 Å². The molecule has 24 heavy (non-hydrogen) atoms. The molecule has 6 heteroatoms. The number of nitrogens with one attached hydrogen (secondary N) is 2. The minimum Gasteiger partial charge on any atom is -0.459 e. The Morgan fingerprint density at radius 1 is 1.33 bits per heavy atom. The van der Waals surface area contributed by atoms with Gasteiger partial charge in [-0.05, 0) is 30.9 Å². The highest BCUT2D eigenvalue weighted by Gasteiger charge is 2.33. The number of hydrogen-bond donors (Lipinski definition) is 3. The van der Waals surface area contributed by atoms with Gasteiger partial charge in [-0.1, -0.05) is 44.2 Å². The molecule has 0 spiro atoms. The van der Waals surface area contributed by atoms with Crippen LogP contribution in [-0.4, -0.2) is 41.7 Å². The first-order valence-corrected chi connectivity index (χ1v) is 8.41. The fourth-order valence-electron chi connectivity index (χ4n) is 2.74. The average Bonchev–Trinajstić information content (AvgIpc) is 3.12. The molecule has 0 saturated carbocycles. The molecule has 0 aliphatic carbocycles. The van der Waals surface area contributed by atoms with E-state index in [0.717, 1.165) is 24.9 Å². The van der Waals surface area contributed by atoms with Gasteiger partial charge in [0.2, 0.25) is 5.91 Å². The van der Waals surface area contributed by atoms with Crippen molar-refractivity contribution in [1.82, 2.24) is 10.6 Å². The van der Waals surface area contributed by atoms with E-state index in [4.69, 9.17) is 4.74 Å². The smallest absolute Gasteiger partial charge is 0.337 e. The molecule has 1 aliphatic rings. The van der Waals surface area contributed by atoms with Crippen LogP contribution in [0.2, 0.25) is 0 Å². The molecule has 1 aliphatic heterocycles. The van der Waals surface area contributed by atoms with Crippen LogP contribution in [0.4, 0.5) is 0 Å². The molecule has 1 heterocycles. The lowest BCUT2D eigenvalue weighted by atomic mass is 9.98. The summed E-state index contributed by atoms with van der Waals surface area (Å²) in [5.74, 6) is -1.01. The molecule has 0 bridgehead atoms. The second-order valence-corrected chi connectivity index (χ2v) is 6.47. The van der Waals surface area contributed by atoms with Crippen LogP contribution in [0.1, 0.15) is 32.3 Å². The van der Waals surface area contributed by atoms with Gasteiger partial charge in [0.15, 0.2) is 6.10 Å². The summed E-state index contributed by atoms with van der Waals surface area (Å²) in [6.07, 6.45) is 0.330. The van der Waals surface area contributed by atoms with Crippen LogP contribution in [0.25, 0.3) is 0 Å². The Morgan fingerprint density at radius 2 is 2.04 bits per heavy atom. The van der Waals surface area contributed by atoms with Crippen LogP contribution in [-0.2, 0) is 20.9 Å². The Morgan fingerprint density at radius 3 is 2.62 bits per heavy atom. The van der Waals surface area contributed by atoms with E-state index >= 15 is 0 Å². The van der Waals surface area contributed by atoms with Crippen LogP contribution in [0.15, 0.2) is 30.3 Å². The van der Waals surface area contributed by atoms with E-state index in [2.05, 4.69) is 10.6 Å². The van der Waals surface area contributed by atoms with E-state index in [1.54, 1.807) is 0 Å². The van der Waals surface area contributed by atoms with Crippen LogP contribution in [0.5, 0.6) is 0 Å². The van der Waals surface area contributed by atoms with Crippen molar-refractivity contribution in [1.29, 1.82) is 0 Å². The number of amides is 1. The number of aliphatic hydroxyl groups is 1. The molecule has 0 aromatic heterocycles. The van der Waals surface area contributed by atoms with Crippen molar-refractivity contribution in [2.24, 2.45) is 5.92 Å². The van der Waals surface area contributed by atoms with E-state index < -0.39 is 18.1 Å². The highest BCUT2D eigenvalue weighted by Crippen LogP contribution is 2.12. The minimum atomic E-state index is -1.39. The number of aliphatic hydroxyl groups excluding tert-OH is 1. The standard InChI is InChI=1S/C18H26N2O4/c1-12(2)15(20-17(22)14-9-6-10-19-14)16(21)18(23)24-11-13-7-4-3-5-8-13/h3-5,7-8,12,14-16,19,21H,6,9-11H2,1-2H3,(H,20,22)/t14-,15-,16?/m0/s1. The Kier molecular flexibility index (Phi) is 6.75. The molecule has 1 aromatic rings. The van der Waals surface area contributed by atoms with Crippen molar-refractivity contribution >= 4 is 11.9 Å². The topological polar surface area (TPSA) is 87.7 Å². The Bertz CT molecular complexity index is 541. The molecule has 3 atom stereocenters. The number of rotatable bonds is 7. The average molecular weight is 334 g/mol. The summed E-state index contributed by atoms with van der Waals surface area (Å²) < 4.78 is 5.17. The van der Waals surface area contributed by atoms with Crippen molar-refractivity contribution < 1.29 is 19.4 Å².